The maximum atomic E-state index is 11.1. The van der Waals surface area contributed by atoms with Crippen molar-refractivity contribution < 1.29 is 35.1 Å². The van der Waals surface area contributed by atoms with Crippen LogP contribution in [0.15, 0.2) is 30.3 Å². The standard InChI is InChI=1S/C16H20O7/c17-11-5-3-10(4-6-11)2-1-7-23-13-9-16(22,15(20)21)8-12(18)14(13)19/h1-6,12-14,17-19,22H,7-9H2,(H,20,21)/t12-,13-,14+,16-/m1/s1. The maximum Gasteiger partial charge on any atom is 0.335 e. The molecule has 0 aliphatic heterocycles. The number of aliphatic hydroxyl groups excluding tert-OH is 2. The highest BCUT2D eigenvalue weighted by atomic mass is 16.5. The number of aliphatic hydroxyl groups is 3. The van der Waals surface area contributed by atoms with Crippen molar-refractivity contribution in [2.75, 3.05) is 6.61 Å². The van der Waals surface area contributed by atoms with E-state index >= 15 is 0 Å². The third-order valence-electron chi connectivity index (χ3n) is 3.87. The molecular weight excluding hydrogens is 304 g/mol. The Balaban J connectivity index is 1.93. The van der Waals surface area contributed by atoms with Crippen molar-refractivity contribution in [3.63, 3.8) is 0 Å². The van der Waals surface area contributed by atoms with Crippen LogP contribution in [0.1, 0.15) is 18.4 Å². The van der Waals surface area contributed by atoms with E-state index in [9.17, 15) is 25.2 Å². The fourth-order valence-corrected chi connectivity index (χ4v) is 2.53. The molecule has 126 valence electrons. The Morgan fingerprint density at radius 3 is 2.52 bits per heavy atom. The number of carbonyl (C=O) groups is 1. The highest BCUT2D eigenvalue weighted by molar-refractivity contribution is 5.77. The number of aliphatic carboxylic acids is 1. The Morgan fingerprint density at radius 2 is 1.91 bits per heavy atom. The first-order chi connectivity index (χ1) is 10.8. The molecule has 1 aliphatic carbocycles. The van der Waals surface area contributed by atoms with Crippen molar-refractivity contribution in [1.29, 1.82) is 0 Å². The fourth-order valence-electron chi connectivity index (χ4n) is 2.53. The van der Waals surface area contributed by atoms with Gasteiger partial charge in [-0.2, -0.15) is 0 Å². The second-order valence-corrected chi connectivity index (χ2v) is 5.67. The van der Waals surface area contributed by atoms with Crippen molar-refractivity contribution in [2.24, 2.45) is 0 Å². The molecule has 1 saturated carbocycles. The average molecular weight is 324 g/mol. The first kappa shape index (κ1) is 17.4. The summed E-state index contributed by atoms with van der Waals surface area (Å²) in [6.45, 7) is 0.0744. The van der Waals surface area contributed by atoms with Gasteiger partial charge in [-0.3, -0.25) is 0 Å². The molecular formula is C16H20O7. The van der Waals surface area contributed by atoms with Crippen LogP contribution in [0, 0.1) is 0 Å². The lowest BCUT2D eigenvalue weighted by molar-refractivity contribution is -0.192. The van der Waals surface area contributed by atoms with Gasteiger partial charge in [0.05, 0.1) is 18.8 Å². The molecule has 0 amide bonds. The van der Waals surface area contributed by atoms with Crippen molar-refractivity contribution in [2.45, 2.75) is 36.8 Å². The van der Waals surface area contributed by atoms with Gasteiger partial charge >= 0.3 is 5.97 Å². The van der Waals surface area contributed by atoms with Gasteiger partial charge in [-0.1, -0.05) is 24.3 Å². The van der Waals surface area contributed by atoms with Crippen LogP contribution in [-0.4, -0.2) is 62.0 Å². The molecule has 0 bridgehead atoms. The number of hydrogen-bond acceptors (Lipinski definition) is 6. The van der Waals surface area contributed by atoms with Crippen molar-refractivity contribution in [3.05, 3.63) is 35.9 Å². The minimum absolute atomic E-state index is 0.0744. The zero-order valence-corrected chi connectivity index (χ0v) is 12.4. The van der Waals surface area contributed by atoms with E-state index in [2.05, 4.69) is 0 Å². The van der Waals surface area contributed by atoms with Crippen LogP contribution in [0.2, 0.25) is 0 Å². The molecule has 23 heavy (non-hydrogen) atoms. The lowest BCUT2D eigenvalue weighted by Gasteiger charge is -2.39. The Hall–Kier alpha value is -1.93. The monoisotopic (exact) mass is 324 g/mol. The minimum Gasteiger partial charge on any atom is -0.508 e. The number of ether oxygens (including phenoxy) is 1. The van der Waals surface area contributed by atoms with Crippen molar-refractivity contribution in [3.8, 4) is 5.75 Å². The Labute approximate surface area is 133 Å². The van der Waals surface area contributed by atoms with Gasteiger partial charge in [0.15, 0.2) is 5.60 Å². The first-order valence-corrected chi connectivity index (χ1v) is 7.21. The van der Waals surface area contributed by atoms with Gasteiger partial charge in [-0.15, -0.1) is 0 Å². The van der Waals surface area contributed by atoms with Crippen LogP contribution in [0.25, 0.3) is 6.08 Å². The number of carboxylic acids is 1. The maximum absolute atomic E-state index is 11.1. The van der Waals surface area contributed by atoms with E-state index in [1.54, 1.807) is 24.3 Å². The largest absolute Gasteiger partial charge is 0.508 e. The third kappa shape index (κ3) is 4.29. The SMILES string of the molecule is O=C(O)[C@@]1(O)C[C@@H](O)[C@H](O)[C@H](OCC=Cc2ccc(O)cc2)C1. The highest BCUT2D eigenvalue weighted by Crippen LogP contribution is 2.31. The minimum atomic E-state index is -2.11. The van der Waals surface area contributed by atoms with Crippen LogP contribution in [0.4, 0.5) is 0 Å². The molecule has 1 aliphatic rings. The van der Waals surface area contributed by atoms with E-state index in [4.69, 9.17) is 9.84 Å². The summed E-state index contributed by atoms with van der Waals surface area (Å²) in [4.78, 5) is 11.1. The van der Waals surface area contributed by atoms with Crippen LogP contribution in [0.5, 0.6) is 5.75 Å². The van der Waals surface area contributed by atoms with E-state index < -0.39 is 36.3 Å². The lowest BCUT2D eigenvalue weighted by Crippen LogP contribution is -2.56. The van der Waals surface area contributed by atoms with Gasteiger partial charge in [-0.25, -0.2) is 4.79 Å². The predicted molar refractivity (Wildman–Crippen MR) is 80.7 cm³/mol. The summed E-state index contributed by atoms with van der Waals surface area (Å²) >= 11 is 0. The molecule has 7 nitrogen and oxygen atoms in total. The van der Waals surface area contributed by atoms with Gasteiger partial charge in [-0.05, 0) is 17.7 Å². The second kappa shape index (κ2) is 7.10. The fraction of sp³-hybridized carbons (Fsp3) is 0.438. The zero-order chi connectivity index (χ0) is 17.0. The lowest BCUT2D eigenvalue weighted by atomic mass is 9.79. The molecule has 0 unspecified atom stereocenters. The molecule has 2 rings (SSSR count). The van der Waals surface area contributed by atoms with Crippen molar-refractivity contribution >= 4 is 12.0 Å². The van der Waals surface area contributed by atoms with E-state index in [1.807, 2.05) is 0 Å². The van der Waals surface area contributed by atoms with Gasteiger partial charge in [0.1, 0.15) is 11.9 Å². The summed E-state index contributed by atoms with van der Waals surface area (Å²) in [6, 6.07) is 6.48. The van der Waals surface area contributed by atoms with Crippen molar-refractivity contribution in [1.82, 2.24) is 0 Å². The van der Waals surface area contributed by atoms with Gasteiger partial charge in [0, 0.05) is 12.8 Å². The number of aromatic hydroxyl groups is 1. The van der Waals surface area contributed by atoms with Crippen LogP contribution in [-0.2, 0) is 9.53 Å². The molecule has 1 aromatic rings. The molecule has 0 saturated heterocycles. The molecule has 0 radical (unpaired) electrons. The number of hydrogen-bond donors (Lipinski definition) is 5. The molecule has 5 N–H and O–H groups in total. The molecule has 1 fully saturated rings. The molecule has 7 heteroatoms. The summed E-state index contributed by atoms with van der Waals surface area (Å²) in [7, 11) is 0. The number of benzene rings is 1. The van der Waals surface area contributed by atoms with Crippen LogP contribution in [0.3, 0.4) is 0 Å². The summed E-state index contributed by atoms with van der Waals surface area (Å²) in [5, 5.41) is 47.7. The van der Waals surface area contributed by atoms with E-state index in [1.165, 1.54) is 12.1 Å². The zero-order valence-electron chi connectivity index (χ0n) is 12.4. The van der Waals surface area contributed by atoms with E-state index in [0.717, 1.165) is 5.56 Å². The van der Waals surface area contributed by atoms with Crippen LogP contribution >= 0.6 is 0 Å². The average Bonchev–Trinajstić information content (AvgIpc) is 2.50. The number of carboxylic acid groups (broad SMARTS) is 1. The smallest absolute Gasteiger partial charge is 0.335 e. The molecule has 0 heterocycles. The predicted octanol–water partition coefficient (Wildman–Crippen LogP) is 0.122. The summed E-state index contributed by atoms with van der Waals surface area (Å²) in [6.07, 6.45) is -0.953. The Bertz CT molecular complexity index is 568. The summed E-state index contributed by atoms with van der Waals surface area (Å²) < 4.78 is 5.39. The molecule has 1 aromatic carbocycles. The Morgan fingerprint density at radius 1 is 1.26 bits per heavy atom. The topological polar surface area (TPSA) is 127 Å². The molecule has 0 spiro atoms. The number of phenols is 1. The summed E-state index contributed by atoms with van der Waals surface area (Å²) in [5.41, 5.74) is -1.28. The van der Waals surface area contributed by atoms with Gasteiger partial charge in [0.2, 0.25) is 0 Å². The van der Waals surface area contributed by atoms with E-state index in [-0.39, 0.29) is 18.8 Å². The second-order valence-electron chi connectivity index (χ2n) is 5.67. The normalized spacial score (nSPS) is 31.3. The van der Waals surface area contributed by atoms with Crippen LogP contribution < -0.4 is 0 Å². The quantitative estimate of drug-likeness (QED) is 0.520. The third-order valence-corrected chi connectivity index (χ3v) is 3.87. The summed E-state index contributed by atoms with van der Waals surface area (Å²) in [5.74, 6) is -1.29. The molecule has 0 aromatic heterocycles. The molecule has 4 atom stereocenters. The Kier molecular flexibility index (Phi) is 5.38. The van der Waals surface area contributed by atoms with Gasteiger partial charge < -0.3 is 30.3 Å². The number of phenolic OH excluding ortho intramolecular Hbond substituents is 1. The first-order valence-electron chi connectivity index (χ1n) is 7.21. The highest BCUT2D eigenvalue weighted by Gasteiger charge is 2.49. The number of rotatable bonds is 5. The van der Waals surface area contributed by atoms with Gasteiger partial charge in [0.25, 0.3) is 0 Å². The van der Waals surface area contributed by atoms with E-state index in [0.29, 0.717) is 0 Å².